The zero-order chi connectivity index (χ0) is 13.4. The molecule has 6 heteroatoms. The highest BCUT2D eigenvalue weighted by Gasteiger charge is 2.19. The number of hydrogen-bond acceptors (Lipinski definition) is 5. The van der Waals surface area contributed by atoms with Crippen molar-refractivity contribution < 1.29 is 0 Å². The number of nitrogen functional groups attached to an aromatic ring is 1. The molecule has 0 atom stereocenters. The Bertz CT molecular complexity index is 599. The molecule has 99 valence electrons. The van der Waals surface area contributed by atoms with Crippen LogP contribution in [-0.2, 0) is 6.42 Å². The molecule has 1 aliphatic rings. The van der Waals surface area contributed by atoms with E-state index in [1.54, 1.807) is 0 Å². The zero-order valence-corrected chi connectivity index (χ0v) is 11.1. The van der Waals surface area contributed by atoms with Crippen molar-refractivity contribution in [3.05, 3.63) is 23.7 Å². The van der Waals surface area contributed by atoms with Gasteiger partial charge >= 0.3 is 0 Å². The van der Waals surface area contributed by atoms with E-state index in [0.717, 1.165) is 48.0 Å². The van der Waals surface area contributed by atoms with E-state index < -0.39 is 0 Å². The van der Waals surface area contributed by atoms with Crippen molar-refractivity contribution >= 4 is 11.8 Å². The molecule has 0 unspecified atom stereocenters. The van der Waals surface area contributed by atoms with Crippen molar-refractivity contribution in [1.82, 2.24) is 20.2 Å². The normalized spacial score (nSPS) is 14.5. The van der Waals surface area contributed by atoms with Gasteiger partial charge in [-0.15, -0.1) is 0 Å². The first-order valence-corrected chi connectivity index (χ1v) is 6.44. The molecule has 0 aliphatic carbocycles. The van der Waals surface area contributed by atoms with Gasteiger partial charge in [-0.3, -0.25) is 5.10 Å². The van der Waals surface area contributed by atoms with Gasteiger partial charge in [-0.2, -0.15) is 10.1 Å². The van der Waals surface area contributed by atoms with E-state index >= 15 is 0 Å². The van der Waals surface area contributed by atoms with Gasteiger partial charge in [-0.1, -0.05) is 6.92 Å². The van der Waals surface area contributed by atoms with Crippen LogP contribution in [0.3, 0.4) is 0 Å². The maximum absolute atomic E-state index is 5.81. The minimum atomic E-state index is 0.292. The van der Waals surface area contributed by atoms with Crippen molar-refractivity contribution in [1.29, 1.82) is 0 Å². The quantitative estimate of drug-likeness (QED) is 0.867. The molecule has 0 spiro atoms. The Kier molecular flexibility index (Phi) is 2.85. The van der Waals surface area contributed by atoms with Crippen LogP contribution in [0.25, 0.3) is 11.4 Å². The maximum atomic E-state index is 5.81. The molecule has 0 saturated carbocycles. The van der Waals surface area contributed by atoms with Crippen molar-refractivity contribution in [2.75, 3.05) is 23.7 Å². The Labute approximate surface area is 112 Å². The van der Waals surface area contributed by atoms with Gasteiger partial charge in [0.05, 0.1) is 5.69 Å². The van der Waals surface area contributed by atoms with Crippen LogP contribution in [0.1, 0.15) is 18.2 Å². The number of anilines is 2. The Morgan fingerprint density at radius 3 is 2.74 bits per heavy atom. The molecule has 3 N–H and O–H groups in total. The number of aromatic amines is 1. The molecule has 6 nitrogen and oxygen atoms in total. The molecule has 1 saturated heterocycles. The van der Waals surface area contributed by atoms with Gasteiger partial charge in [0.2, 0.25) is 5.95 Å². The number of rotatable bonds is 3. The summed E-state index contributed by atoms with van der Waals surface area (Å²) in [5, 5.41) is 7.39. The van der Waals surface area contributed by atoms with Gasteiger partial charge < -0.3 is 10.6 Å². The molecule has 0 aromatic carbocycles. The molecule has 2 aromatic heterocycles. The third kappa shape index (κ3) is 2.03. The average molecular weight is 257 g/mol. The molecule has 1 radical (unpaired) electrons. The molecule has 3 rings (SSSR count). The fraction of sp³-hybridized carbons (Fsp3) is 0.385. The largest absolute Gasteiger partial charge is 0.368 e. The summed E-state index contributed by atoms with van der Waals surface area (Å²) in [6.07, 6.45) is 3.11. The summed E-state index contributed by atoms with van der Waals surface area (Å²) in [5.41, 5.74) is 9.70. The summed E-state index contributed by atoms with van der Waals surface area (Å²) >= 11 is 0. The van der Waals surface area contributed by atoms with Crippen LogP contribution in [0.5, 0.6) is 0 Å². The first kappa shape index (κ1) is 12.0. The number of aromatic nitrogens is 4. The highest BCUT2D eigenvalue weighted by Crippen LogP contribution is 2.27. The first-order valence-electron chi connectivity index (χ1n) is 6.44. The summed E-state index contributed by atoms with van der Waals surface area (Å²) in [7, 11) is 0. The van der Waals surface area contributed by atoms with Crippen LogP contribution in [-0.4, -0.2) is 33.3 Å². The van der Waals surface area contributed by atoms with Crippen molar-refractivity contribution in [3.63, 3.8) is 0 Å². The van der Waals surface area contributed by atoms with Gasteiger partial charge in [0.1, 0.15) is 11.5 Å². The second-order valence-corrected chi connectivity index (χ2v) is 4.69. The van der Waals surface area contributed by atoms with E-state index in [1.807, 2.05) is 13.0 Å². The maximum Gasteiger partial charge on any atom is 0.222 e. The number of aryl methyl sites for hydroxylation is 1. The third-order valence-electron chi connectivity index (χ3n) is 3.46. The van der Waals surface area contributed by atoms with Gasteiger partial charge in [-0.25, -0.2) is 4.98 Å². The predicted octanol–water partition coefficient (Wildman–Crippen LogP) is 1.34. The lowest BCUT2D eigenvalue weighted by atomic mass is 10.1. The van der Waals surface area contributed by atoms with E-state index in [0.29, 0.717) is 5.95 Å². The molecule has 1 fully saturated rings. The standard InChI is InChI=1S/C13H17N6/c1-3-9-8(2)12(18-17-9)10-7-11(16-13(14)15-10)19-5-4-6-19/h4,7H,3,5-6H2,1-2H3,(H,17,18)(H2,14,15,16). The highest BCUT2D eigenvalue weighted by molar-refractivity contribution is 5.65. The average Bonchev–Trinajstić information content (AvgIpc) is 2.67. The fourth-order valence-corrected chi connectivity index (χ4v) is 2.21. The molecule has 0 bridgehead atoms. The van der Waals surface area contributed by atoms with Crippen molar-refractivity contribution in [2.45, 2.75) is 20.3 Å². The molecule has 3 heterocycles. The van der Waals surface area contributed by atoms with Crippen LogP contribution in [0.2, 0.25) is 0 Å². The van der Waals surface area contributed by atoms with E-state index in [-0.39, 0.29) is 0 Å². The topological polar surface area (TPSA) is 83.7 Å². The van der Waals surface area contributed by atoms with Crippen molar-refractivity contribution in [2.24, 2.45) is 0 Å². The number of nitrogens with zero attached hydrogens (tertiary/aromatic N) is 4. The lowest BCUT2D eigenvalue weighted by molar-refractivity contribution is 0.748. The summed E-state index contributed by atoms with van der Waals surface area (Å²) < 4.78 is 0. The first-order chi connectivity index (χ1) is 9.19. The lowest BCUT2D eigenvalue weighted by Crippen LogP contribution is -2.38. The highest BCUT2D eigenvalue weighted by atomic mass is 15.2. The summed E-state index contributed by atoms with van der Waals surface area (Å²) in [6, 6.07) is 1.95. The van der Waals surface area contributed by atoms with E-state index in [2.05, 4.69) is 38.4 Å². The summed E-state index contributed by atoms with van der Waals surface area (Å²) in [6.45, 7) is 5.97. The van der Waals surface area contributed by atoms with E-state index in [4.69, 9.17) is 5.73 Å². The Hall–Kier alpha value is -2.11. The molecular weight excluding hydrogens is 240 g/mol. The van der Waals surface area contributed by atoms with Crippen LogP contribution < -0.4 is 10.6 Å². The number of H-pyrrole nitrogens is 1. The van der Waals surface area contributed by atoms with Gasteiger partial charge in [0.25, 0.3) is 0 Å². The Morgan fingerprint density at radius 1 is 1.37 bits per heavy atom. The van der Waals surface area contributed by atoms with E-state index in [1.165, 1.54) is 0 Å². The van der Waals surface area contributed by atoms with Crippen LogP contribution in [0, 0.1) is 13.3 Å². The number of hydrogen-bond donors (Lipinski definition) is 2. The van der Waals surface area contributed by atoms with Crippen LogP contribution in [0.4, 0.5) is 11.8 Å². The Morgan fingerprint density at radius 2 is 2.16 bits per heavy atom. The zero-order valence-electron chi connectivity index (χ0n) is 11.1. The van der Waals surface area contributed by atoms with E-state index in [9.17, 15) is 0 Å². The van der Waals surface area contributed by atoms with Crippen LogP contribution in [0.15, 0.2) is 6.07 Å². The predicted molar refractivity (Wildman–Crippen MR) is 74.7 cm³/mol. The number of nitrogens with two attached hydrogens (primary N) is 1. The minimum Gasteiger partial charge on any atom is -0.368 e. The number of nitrogens with one attached hydrogen (secondary N) is 1. The van der Waals surface area contributed by atoms with Gasteiger partial charge in [0, 0.05) is 31.3 Å². The molecule has 0 amide bonds. The smallest absolute Gasteiger partial charge is 0.222 e. The lowest BCUT2D eigenvalue weighted by Gasteiger charge is -2.31. The van der Waals surface area contributed by atoms with Gasteiger partial charge in [0.15, 0.2) is 0 Å². The second kappa shape index (κ2) is 4.53. The van der Waals surface area contributed by atoms with Crippen molar-refractivity contribution in [3.8, 4) is 11.4 Å². The molecule has 2 aromatic rings. The second-order valence-electron chi connectivity index (χ2n) is 4.69. The Balaban J connectivity index is 2.03. The molecular formula is C13H17N6. The van der Waals surface area contributed by atoms with Gasteiger partial charge in [-0.05, 0) is 18.9 Å². The SMILES string of the molecule is CCc1[nH]nc(-c2cc(N3C[CH]C3)nc(N)n2)c1C. The fourth-order valence-electron chi connectivity index (χ4n) is 2.21. The van der Waals surface area contributed by atoms with Crippen LogP contribution >= 0.6 is 0 Å². The molecule has 1 aliphatic heterocycles. The molecule has 19 heavy (non-hydrogen) atoms. The third-order valence-corrected chi connectivity index (χ3v) is 3.46. The minimum absolute atomic E-state index is 0.292. The monoisotopic (exact) mass is 257 g/mol. The summed E-state index contributed by atoms with van der Waals surface area (Å²) in [5.74, 6) is 1.16. The summed E-state index contributed by atoms with van der Waals surface area (Å²) in [4.78, 5) is 10.7.